The van der Waals surface area contributed by atoms with Gasteiger partial charge in [0, 0.05) is 12.6 Å². The molecule has 1 aromatic carbocycles. The smallest absolute Gasteiger partial charge is 0.230 e. The van der Waals surface area contributed by atoms with Crippen LogP contribution in [-0.4, -0.2) is 36.6 Å². The van der Waals surface area contributed by atoms with Gasteiger partial charge in [-0.25, -0.2) is 0 Å². The molecule has 1 aromatic rings. The van der Waals surface area contributed by atoms with Gasteiger partial charge in [0.05, 0.1) is 25.2 Å². The second kappa shape index (κ2) is 5.54. The molecule has 3 rings (SSSR count). The Morgan fingerprint density at radius 2 is 2.15 bits per heavy atom. The summed E-state index contributed by atoms with van der Waals surface area (Å²) in [6.07, 6.45) is 2.10. The Balaban J connectivity index is 1.82. The van der Waals surface area contributed by atoms with Gasteiger partial charge in [-0.2, -0.15) is 0 Å². The molecule has 2 heterocycles. The fourth-order valence-electron chi connectivity index (χ4n) is 3.35. The van der Waals surface area contributed by atoms with Gasteiger partial charge in [-0.15, -0.1) is 0 Å². The van der Waals surface area contributed by atoms with Gasteiger partial charge in [-0.1, -0.05) is 24.3 Å². The van der Waals surface area contributed by atoms with Crippen LogP contribution in [0.15, 0.2) is 24.3 Å². The number of likely N-dealkylation sites (tertiary alicyclic amines) is 1. The Kier molecular flexibility index (Phi) is 3.76. The second-order valence-corrected chi connectivity index (χ2v) is 5.85. The van der Waals surface area contributed by atoms with Crippen molar-refractivity contribution in [1.29, 1.82) is 0 Å². The number of hydrogen-bond acceptors (Lipinski definition) is 3. The largest absolute Gasteiger partial charge is 0.379 e. The van der Waals surface area contributed by atoms with E-state index in [1.165, 1.54) is 11.1 Å². The Labute approximate surface area is 119 Å². The van der Waals surface area contributed by atoms with Crippen molar-refractivity contribution in [2.45, 2.75) is 31.8 Å². The van der Waals surface area contributed by atoms with Gasteiger partial charge < -0.3 is 15.4 Å². The molecule has 2 saturated heterocycles. The minimum absolute atomic E-state index is 0.152. The van der Waals surface area contributed by atoms with E-state index in [1.54, 1.807) is 0 Å². The molecule has 2 aliphatic heterocycles. The van der Waals surface area contributed by atoms with E-state index in [0.717, 1.165) is 19.4 Å². The third-order valence-corrected chi connectivity index (χ3v) is 4.53. The summed E-state index contributed by atoms with van der Waals surface area (Å²) in [7, 11) is 0. The molecule has 0 saturated carbocycles. The van der Waals surface area contributed by atoms with E-state index < -0.39 is 0 Å². The molecule has 0 aromatic heterocycles. The summed E-state index contributed by atoms with van der Waals surface area (Å²) in [5.74, 6) is 0.000344. The molecule has 4 nitrogen and oxygen atoms in total. The third-order valence-electron chi connectivity index (χ3n) is 4.53. The summed E-state index contributed by atoms with van der Waals surface area (Å²) < 4.78 is 5.34. The number of ether oxygens (including phenoxy) is 1. The van der Waals surface area contributed by atoms with Crippen LogP contribution in [0.3, 0.4) is 0 Å². The minimum atomic E-state index is -0.167. The molecule has 0 bridgehead atoms. The van der Waals surface area contributed by atoms with E-state index in [1.807, 2.05) is 17.0 Å². The van der Waals surface area contributed by atoms with Crippen LogP contribution in [0.2, 0.25) is 0 Å². The van der Waals surface area contributed by atoms with Crippen molar-refractivity contribution in [2.75, 3.05) is 19.8 Å². The average Bonchev–Trinajstić information content (AvgIpc) is 3.07. The van der Waals surface area contributed by atoms with Gasteiger partial charge in [0.25, 0.3) is 0 Å². The molecule has 3 atom stereocenters. The Hall–Kier alpha value is -1.39. The van der Waals surface area contributed by atoms with Crippen LogP contribution >= 0.6 is 0 Å². The van der Waals surface area contributed by atoms with Crippen molar-refractivity contribution in [3.8, 4) is 0 Å². The van der Waals surface area contributed by atoms with E-state index >= 15 is 0 Å². The number of benzene rings is 1. The fourth-order valence-corrected chi connectivity index (χ4v) is 3.35. The summed E-state index contributed by atoms with van der Waals surface area (Å²) in [4.78, 5) is 14.7. The topological polar surface area (TPSA) is 55.6 Å². The maximum atomic E-state index is 12.7. The van der Waals surface area contributed by atoms with Crippen molar-refractivity contribution >= 4 is 5.91 Å². The third kappa shape index (κ3) is 2.34. The standard InChI is InChI=1S/C16H22N2O2/c1-11-5-2-3-6-12(11)15-7-4-8-18(15)16(19)13-9-20-10-14(13)17/h2-3,5-6,13-15H,4,7-10,17H2,1H3. The maximum Gasteiger partial charge on any atom is 0.230 e. The molecule has 20 heavy (non-hydrogen) atoms. The van der Waals surface area contributed by atoms with Gasteiger partial charge in [0.15, 0.2) is 0 Å². The van der Waals surface area contributed by atoms with Crippen LogP contribution in [0.25, 0.3) is 0 Å². The van der Waals surface area contributed by atoms with E-state index in [-0.39, 0.29) is 23.9 Å². The van der Waals surface area contributed by atoms with Crippen molar-refractivity contribution in [3.63, 3.8) is 0 Å². The van der Waals surface area contributed by atoms with Gasteiger partial charge in [-0.3, -0.25) is 4.79 Å². The first-order chi connectivity index (χ1) is 9.68. The predicted octanol–water partition coefficient (Wildman–Crippen LogP) is 1.63. The molecule has 0 aliphatic carbocycles. The Morgan fingerprint density at radius 3 is 2.85 bits per heavy atom. The summed E-state index contributed by atoms with van der Waals surface area (Å²) >= 11 is 0. The predicted molar refractivity (Wildman–Crippen MR) is 77.2 cm³/mol. The molecule has 3 unspecified atom stereocenters. The number of nitrogens with two attached hydrogens (primary N) is 1. The number of carbonyl (C=O) groups is 1. The summed E-state index contributed by atoms with van der Waals surface area (Å²) in [5, 5.41) is 0. The zero-order valence-electron chi connectivity index (χ0n) is 11.9. The average molecular weight is 274 g/mol. The van der Waals surface area contributed by atoms with Crippen LogP contribution in [0.5, 0.6) is 0 Å². The molecule has 2 fully saturated rings. The number of amides is 1. The minimum Gasteiger partial charge on any atom is -0.379 e. The Morgan fingerprint density at radius 1 is 1.35 bits per heavy atom. The maximum absolute atomic E-state index is 12.7. The lowest BCUT2D eigenvalue weighted by atomic mass is 9.97. The van der Waals surface area contributed by atoms with E-state index in [0.29, 0.717) is 13.2 Å². The van der Waals surface area contributed by atoms with Crippen molar-refractivity contribution < 1.29 is 9.53 Å². The summed E-state index contributed by atoms with van der Waals surface area (Å²) in [5.41, 5.74) is 8.51. The first kappa shape index (κ1) is 13.6. The highest BCUT2D eigenvalue weighted by Crippen LogP contribution is 2.35. The van der Waals surface area contributed by atoms with Crippen LogP contribution < -0.4 is 5.73 Å². The zero-order chi connectivity index (χ0) is 14.1. The first-order valence-electron chi connectivity index (χ1n) is 7.38. The van der Waals surface area contributed by atoms with Crippen LogP contribution in [0, 0.1) is 12.8 Å². The van der Waals surface area contributed by atoms with Gasteiger partial charge >= 0.3 is 0 Å². The summed E-state index contributed by atoms with van der Waals surface area (Å²) in [6.45, 7) is 3.91. The van der Waals surface area contributed by atoms with Crippen LogP contribution in [0.4, 0.5) is 0 Å². The van der Waals surface area contributed by atoms with Crippen molar-refractivity contribution in [1.82, 2.24) is 4.90 Å². The molecule has 2 N–H and O–H groups in total. The monoisotopic (exact) mass is 274 g/mol. The highest BCUT2D eigenvalue weighted by molar-refractivity contribution is 5.81. The molecular weight excluding hydrogens is 252 g/mol. The lowest BCUT2D eigenvalue weighted by Crippen LogP contribution is -2.43. The molecule has 0 radical (unpaired) electrons. The fraction of sp³-hybridized carbons (Fsp3) is 0.562. The van der Waals surface area contributed by atoms with Gasteiger partial charge in [-0.05, 0) is 30.9 Å². The van der Waals surface area contributed by atoms with Crippen molar-refractivity contribution in [3.05, 3.63) is 35.4 Å². The molecular formula is C16H22N2O2. The molecule has 4 heteroatoms. The van der Waals surface area contributed by atoms with E-state index in [2.05, 4.69) is 19.1 Å². The molecule has 2 aliphatic rings. The quantitative estimate of drug-likeness (QED) is 0.892. The molecule has 108 valence electrons. The first-order valence-corrected chi connectivity index (χ1v) is 7.38. The zero-order valence-corrected chi connectivity index (χ0v) is 11.9. The number of carbonyl (C=O) groups excluding carboxylic acids is 1. The molecule has 1 amide bonds. The SMILES string of the molecule is Cc1ccccc1C1CCCN1C(=O)C1COCC1N. The van der Waals surface area contributed by atoms with Crippen molar-refractivity contribution in [2.24, 2.45) is 11.7 Å². The van der Waals surface area contributed by atoms with Gasteiger partial charge in [0.1, 0.15) is 0 Å². The highest BCUT2D eigenvalue weighted by atomic mass is 16.5. The second-order valence-electron chi connectivity index (χ2n) is 5.85. The van der Waals surface area contributed by atoms with Gasteiger partial charge in [0.2, 0.25) is 5.91 Å². The number of hydrogen-bond donors (Lipinski definition) is 1. The lowest BCUT2D eigenvalue weighted by molar-refractivity contribution is -0.136. The van der Waals surface area contributed by atoms with E-state index in [4.69, 9.17) is 10.5 Å². The summed E-state index contributed by atoms with van der Waals surface area (Å²) in [6, 6.07) is 8.39. The highest BCUT2D eigenvalue weighted by Gasteiger charge is 2.39. The van der Waals surface area contributed by atoms with Crippen LogP contribution in [0.1, 0.15) is 30.0 Å². The normalized spacial score (nSPS) is 29.9. The lowest BCUT2D eigenvalue weighted by Gasteiger charge is -2.29. The van der Waals surface area contributed by atoms with Crippen LogP contribution in [-0.2, 0) is 9.53 Å². The molecule has 0 spiro atoms. The van der Waals surface area contributed by atoms with E-state index in [9.17, 15) is 4.79 Å². The number of aryl methyl sites for hydroxylation is 1. The number of nitrogens with zero attached hydrogens (tertiary/aromatic N) is 1. The number of rotatable bonds is 2. The Bertz CT molecular complexity index is 503.